The van der Waals surface area contributed by atoms with Crippen LogP contribution in [0.5, 0.6) is 0 Å². The third kappa shape index (κ3) is 2.34. The first kappa shape index (κ1) is 10.6. The van der Waals surface area contributed by atoms with E-state index in [2.05, 4.69) is 12.6 Å². The molecule has 1 aliphatic heterocycles. The second-order valence-corrected chi connectivity index (χ2v) is 4.17. The van der Waals surface area contributed by atoms with Crippen molar-refractivity contribution in [3.63, 3.8) is 0 Å². The molecule has 0 saturated carbocycles. The summed E-state index contributed by atoms with van der Waals surface area (Å²) in [7, 11) is 0. The number of thiol groups is 1. The number of hydrogen-bond donors (Lipinski definition) is 1. The molecule has 1 amide bonds. The molecule has 1 saturated heterocycles. The molecular weight excluding hydrogens is 206 g/mol. The maximum atomic E-state index is 12.0. The van der Waals surface area contributed by atoms with Crippen molar-refractivity contribution in [1.29, 1.82) is 0 Å². The molecule has 0 aromatic heterocycles. The van der Waals surface area contributed by atoms with Gasteiger partial charge in [0.05, 0.1) is 0 Å². The summed E-state index contributed by atoms with van der Waals surface area (Å²) in [5, 5.41) is 0. The molecule has 0 bridgehead atoms. The fourth-order valence-electron chi connectivity index (χ4n) is 1.91. The minimum absolute atomic E-state index is 0.163. The normalized spacial score (nSPS) is 15.7. The number of benzene rings is 1. The van der Waals surface area contributed by atoms with Crippen LogP contribution in [0, 0.1) is 0 Å². The third-order valence-electron chi connectivity index (χ3n) is 2.75. The van der Waals surface area contributed by atoms with Gasteiger partial charge in [0, 0.05) is 24.4 Å². The maximum Gasteiger partial charge on any atom is 0.253 e. The molecule has 0 unspecified atom stereocenters. The molecule has 2 rings (SSSR count). The molecule has 0 atom stereocenters. The highest BCUT2D eigenvalue weighted by molar-refractivity contribution is 7.79. The monoisotopic (exact) mass is 221 g/mol. The Morgan fingerprint density at radius 3 is 2.73 bits per heavy atom. The van der Waals surface area contributed by atoms with Crippen molar-refractivity contribution in [2.75, 3.05) is 13.1 Å². The molecular formula is C12H15NOS. The van der Waals surface area contributed by atoms with E-state index in [0.717, 1.165) is 37.1 Å². The SMILES string of the molecule is O=C(c1cccc(CS)c1)N1CCCC1. The van der Waals surface area contributed by atoms with Crippen LogP contribution in [0.1, 0.15) is 28.8 Å². The molecule has 1 heterocycles. The Morgan fingerprint density at radius 2 is 2.07 bits per heavy atom. The highest BCUT2D eigenvalue weighted by Crippen LogP contribution is 2.14. The van der Waals surface area contributed by atoms with E-state index in [4.69, 9.17) is 0 Å². The van der Waals surface area contributed by atoms with Gasteiger partial charge in [-0.2, -0.15) is 12.6 Å². The highest BCUT2D eigenvalue weighted by Gasteiger charge is 2.19. The predicted octanol–water partition coefficient (Wildman–Crippen LogP) is 2.35. The van der Waals surface area contributed by atoms with Gasteiger partial charge in [0.1, 0.15) is 0 Å². The minimum atomic E-state index is 0.163. The summed E-state index contributed by atoms with van der Waals surface area (Å²) < 4.78 is 0. The van der Waals surface area contributed by atoms with Gasteiger partial charge in [0.2, 0.25) is 0 Å². The summed E-state index contributed by atoms with van der Waals surface area (Å²) in [5.41, 5.74) is 1.90. The number of rotatable bonds is 2. The van der Waals surface area contributed by atoms with Crippen molar-refractivity contribution in [2.45, 2.75) is 18.6 Å². The Hall–Kier alpha value is -0.960. The van der Waals surface area contributed by atoms with Crippen molar-refractivity contribution in [3.8, 4) is 0 Å². The average molecular weight is 221 g/mol. The summed E-state index contributed by atoms with van der Waals surface area (Å²) >= 11 is 4.21. The Labute approximate surface area is 95.7 Å². The molecule has 0 N–H and O–H groups in total. The lowest BCUT2D eigenvalue weighted by atomic mass is 10.1. The minimum Gasteiger partial charge on any atom is -0.339 e. The van der Waals surface area contributed by atoms with Gasteiger partial charge in [-0.3, -0.25) is 4.79 Å². The number of nitrogens with zero attached hydrogens (tertiary/aromatic N) is 1. The van der Waals surface area contributed by atoms with Gasteiger partial charge < -0.3 is 4.90 Å². The summed E-state index contributed by atoms with van der Waals surface area (Å²) in [4.78, 5) is 13.9. The lowest BCUT2D eigenvalue weighted by Gasteiger charge is -2.15. The summed E-state index contributed by atoms with van der Waals surface area (Å²) in [6.45, 7) is 1.81. The van der Waals surface area contributed by atoms with Gasteiger partial charge >= 0.3 is 0 Å². The fraction of sp³-hybridized carbons (Fsp3) is 0.417. The van der Waals surface area contributed by atoms with Crippen LogP contribution < -0.4 is 0 Å². The van der Waals surface area contributed by atoms with Crippen LogP contribution in [-0.2, 0) is 5.75 Å². The van der Waals surface area contributed by atoms with Crippen molar-refractivity contribution in [2.24, 2.45) is 0 Å². The van der Waals surface area contributed by atoms with Gasteiger partial charge in [-0.25, -0.2) is 0 Å². The van der Waals surface area contributed by atoms with E-state index < -0.39 is 0 Å². The van der Waals surface area contributed by atoms with Crippen LogP contribution in [-0.4, -0.2) is 23.9 Å². The lowest BCUT2D eigenvalue weighted by Crippen LogP contribution is -2.27. The molecule has 0 spiro atoms. The first-order valence-corrected chi connectivity index (χ1v) is 5.93. The van der Waals surface area contributed by atoms with Gasteiger partial charge in [0.15, 0.2) is 0 Å². The van der Waals surface area contributed by atoms with Crippen LogP contribution in [0.4, 0.5) is 0 Å². The van der Waals surface area contributed by atoms with E-state index >= 15 is 0 Å². The molecule has 0 radical (unpaired) electrons. The first-order chi connectivity index (χ1) is 7.31. The molecule has 1 aliphatic rings. The molecule has 1 aromatic rings. The van der Waals surface area contributed by atoms with Crippen molar-refractivity contribution in [3.05, 3.63) is 35.4 Å². The summed E-state index contributed by atoms with van der Waals surface area (Å²) in [5.74, 6) is 0.845. The number of hydrogen-bond acceptors (Lipinski definition) is 2. The Balaban J connectivity index is 2.17. The van der Waals surface area contributed by atoms with E-state index in [-0.39, 0.29) is 5.91 Å². The van der Waals surface area contributed by atoms with Gasteiger partial charge in [-0.1, -0.05) is 12.1 Å². The predicted molar refractivity (Wildman–Crippen MR) is 64.3 cm³/mol. The van der Waals surface area contributed by atoms with E-state index in [1.54, 1.807) is 0 Å². The standard InChI is InChI=1S/C12H15NOS/c14-12(13-6-1-2-7-13)11-5-3-4-10(8-11)9-15/h3-5,8,15H,1-2,6-7,9H2. The van der Waals surface area contributed by atoms with Gasteiger partial charge in [-0.15, -0.1) is 0 Å². The van der Waals surface area contributed by atoms with E-state index in [1.165, 1.54) is 0 Å². The van der Waals surface area contributed by atoms with Crippen LogP contribution in [0.15, 0.2) is 24.3 Å². The van der Waals surface area contributed by atoms with Crippen LogP contribution in [0.2, 0.25) is 0 Å². The van der Waals surface area contributed by atoms with Gasteiger partial charge in [-0.05, 0) is 30.5 Å². The lowest BCUT2D eigenvalue weighted by molar-refractivity contribution is 0.0792. The van der Waals surface area contributed by atoms with Crippen molar-refractivity contribution < 1.29 is 4.79 Å². The number of carbonyl (C=O) groups excluding carboxylic acids is 1. The zero-order chi connectivity index (χ0) is 10.7. The second kappa shape index (κ2) is 4.71. The van der Waals surface area contributed by atoms with Crippen molar-refractivity contribution >= 4 is 18.5 Å². The van der Waals surface area contributed by atoms with E-state index in [0.29, 0.717) is 5.75 Å². The Bertz CT molecular complexity index is 358. The molecule has 1 aromatic carbocycles. The first-order valence-electron chi connectivity index (χ1n) is 5.30. The zero-order valence-electron chi connectivity index (χ0n) is 8.65. The smallest absolute Gasteiger partial charge is 0.253 e. The average Bonchev–Trinajstić information content (AvgIpc) is 2.81. The van der Waals surface area contributed by atoms with Crippen molar-refractivity contribution in [1.82, 2.24) is 4.90 Å². The number of carbonyl (C=O) groups is 1. The van der Waals surface area contributed by atoms with E-state index in [1.807, 2.05) is 29.2 Å². The molecule has 0 aliphatic carbocycles. The number of amides is 1. The molecule has 3 heteroatoms. The van der Waals surface area contributed by atoms with Crippen LogP contribution >= 0.6 is 12.6 Å². The molecule has 80 valence electrons. The van der Waals surface area contributed by atoms with Gasteiger partial charge in [0.25, 0.3) is 5.91 Å². The summed E-state index contributed by atoms with van der Waals surface area (Å²) in [6.07, 6.45) is 2.27. The summed E-state index contributed by atoms with van der Waals surface area (Å²) in [6, 6.07) is 7.74. The second-order valence-electron chi connectivity index (χ2n) is 3.86. The maximum absolute atomic E-state index is 12.0. The molecule has 1 fully saturated rings. The quantitative estimate of drug-likeness (QED) is 0.760. The Kier molecular flexibility index (Phi) is 3.31. The Morgan fingerprint density at radius 1 is 1.33 bits per heavy atom. The zero-order valence-corrected chi connectivity index (χ0v) is 9.54. The topological polar surface area (TPSA) is 20.3 Å². The largest absolute Gasteiger partial charge is 0.339 e. The molecule has 2 nitrogen and oxygen atoms in total. The third-order valence-corrected chi connectivity index (χ3v) is 3.11. The van der Waals surface area contributed by atoms with E-state index in [9.17, 15) is 4.79 Å². The fourth-order valence-corrected chi connectivity index (χ4v) is 2.10. The van der Waals surface area contributed by atoms with Crippen LogP contribution in [0.25, 0.3) is 0 Å². The number of likely N-dealkylation sites (tertiary alicyclic amines) is 1. The highest BCUT2D eigenvalue weighted by atomic mass is 32.1. The van der Waals surface area contributed by atoms with Crippen LogP contribution in [0.3, 0.4) is 0 Å². The molecule has 15 heavy (non-hydrogen) atoms.